The third kappa shape index (κ3) is 2.45. The summed E-state index contributed by atoms with van der Waals surface area (Å²) in [5.74, 6) is 1.41. The van der Waals surface area contributed by atoms with E-state index in [2.05, 4.69) is 0 Å². The molecular formula is C16H13ClO3. The summed E-state index contributed by atoms with van der Waals surface area (Å²) < 4.78 is 16.5. The van der Waals surface area contributed by atoms with Gasteiger partial charge in [-0.15, -0.1) is 0 Å². The second-order valence-corrected chi connectivity index (χ2v) is 4.78. The Balaban J connectivity index is 1.85. The highest BCUT2D eigenvalue weighted by Crippen LogP contribution is 2.29. The maximum Gasteiger partial charge on any atom is 0.161 e. The molecule has 0 fully saturated rings. The number of furan rings is 1. The second kappa shape index (κ2) is 5.47. The lowest BCUT2D eigenvalue weighted by Gasteiger charge is -2.09. The molecule has 1 aromatic heterocycles. The van der Waals surface area contributed by atoms with E-state index in [9.17, 15) is 0 Å². The van der Waals surface area contributed by atoms with Crippen LogP contribution in [0.15, 0.2) is 53.1 Å². The quantitative estimate of drug-likeness (QED) is 0.699. The lowest BCUT2D eigenvalue weighted by atomic mass is 10.2. The zero-order valence-electron chi connectivity index (χ0n) is 10.9. The Labute approximate surface area is 121 Å². The number of para-hydroxylation sites is 2. The summed E-state index contributed by atoms with van der Waals surface area (Å²) in [7, 11) is 1.62. The summed E-state index contributed by atoms with van der Waals surface area (Å²) in [6.07, 6.45) is 1.69. The van der Waals surface area contributed by atoms with Crippen LogP contribution in [0.25, 0.3) is 11.0 Å². The summed E-state index contributed by atoms with van der Waals surface area (Å²) in [5.41, 5.74) is 1.75. The molecule has 102 valence electrons. The van der Waals surface area contributed by atoms with Gasteiger partial charge in [-0.2, -0.15) is 0 Å². The van der Waals surface area contributed by atoms with Crippen molar-refractivity contribution >= 4 is 22.6 Å². The second-order valence-electron chi connectivity index (χ2n) is 4.34. The molecule has 0 aliphatic rings. The summed E-state index contributed by atoms with van der Waals surface area (Å²) in [6.45, 7) is 0.397. The highest BCUT2D eigenvalue weighted by molar-refractivity contribution is 6.31. The third-order valence-electron chi connectivity index (χ3n) is 3.07. The minimum Gasteiger partial charge on any atom is -0.493 e. The molecule has 0 bridgehead atoms. The minimum absolute atomic E-state index is 0.397. The molecule has 20 heavy (non-hydrogen) atoms. The van der Waals surface area contributed by atoms with Crippen LogP contribution in [0, 0.1) is 0 Å². The van der Waals surface area contributed by atoms with E-state index in [1.165, 1.54) is 0 Å². The number of ether oxygens (including phenoxy) is 2. The average Bonchev–Trinajstić information content (AvgIpc) is 2.87. The Hall–Kier alpha value is -2.13. The predicted molar refractivity (Wildman–Crippen MR) is 78.6 cm³/mol. The van der Waals surface area contributed by atoms with Crippen molar-refractivity contribution in [1.29, 1.82) is 0 Å². The maximum atomic E-state index is 6.01. The number of rotatable bonds is 4. The molecule has 3 rings (SSSR count). The van der Waals surface area contributed by atoms with Crippen molar-refractivity contribution in [3.05, 3.63) is 59.3 Å². The van der Waals surface area contributed by atoms with Crippen LogP contribution in [0.1, 0.15) is 5.56 Å². The van der Waals surface area contributed by atoms with Gasteiger partial charge in [-0.3, -0.25) is 0 Å². The first-order valence-electron chi connectivity index (χ1n) is 6.19. The molecule has 3 aromatic rings. The summed E-state index contributed by atoms with van der Waals surface area (Å²) in [6, 6.07) is 13.1. The molecule has 3 nitrogen and oxygen atoms in total. The molecule has 0 amide bonds. The fraction of sp³-hybridized carbons (Fsp3) is 0.125. The van der Waals surface area contributed by atoms with E-state index < -0.39 is 0 Å². The van der Waals surface area contributed by atoms with Crippen molar-refractivity contribution < 1.29 is 13.9 Å². The Kier molecular flexibility index (Phi) is 3.52. The third-order valence-corrected chi connectivity index (χ3v) is 3.30. The minimum atomic E-state index is 0.397. The van der Waals surface area contributed by atoms with E-state index in [0.717, 1.165) is 16.5 Å². The fourth-order valence-corrected chi connectivity index (χ4v) is 2.23. The van der Waals surface area contributed by atoms with Gasteiger partial charge in [0.15, 0.2) is 11.5 Å². The maximum absolute atomic E-state index is 6.01. The summed E-state index contributed by atoms with van der Waals surface area (Å²) in [4.78, 5) is 0. The molecule has 4 heteroatoms. The summed E-state index contributed by atoms with van der Waals surface area (Å²) in [5, 5.41) is 1.64. The Bertz CT molecular complexity index is 733. The SMILES string of the molecule is COc1ccccc1OCc1coc2ccc(Cl)cc12. The summed E-state index contributed by atoms with van der Waals surface area (Å²) >= 11 is 6.01. The van der Waals surface area contributed by atoms with Gasteiger partial charge in [0.2, 0.25) is 0 Å². The van der Waals surface area contributed by atoms with Crippen molar-refractivity contribution in [2.75, 3.05) is 7.11 Å². The first-order chi connectivity index (χ1) is 9.78. The molecule has 0 aliphatic heterocycles. The van der Waals surface area contributed by atoms with Gasteiger partial charge in [0.25, 0.3) is 0 Å². The van der Waals surface area contributed by atoms with Crippen LogP contribution in [-0.4, -0.2) is 7.11 Å². The van der Waals surface area contributed by atoms with Crippen molar-refractivity contribution in [1.82, 2.24) is 0 Å². The number of benzene rings is 2. The molecule has 0 spiro atoms. The topological polar surface area (TPSA) is 31.6 Å². The molecule has 0 unspecified atom stereocenters. The molecule has 0 atom stereocenters. The number of hydrogen-bond acceptors (Lipinski definition) is 3. The van der Waals surface area contributed by atoms with Crippen molar-refractivity contribution in [3.63, 3.8) is 0 Å². The predicted octanol–water partition coefficient (Wildman–Crippen LogP) is 4.67. The van der Waals surface area contributed by atoms with E-state index in [0.29, 0.717) is 23.1 Å². The molecule has 0 N–H and O–H groups in total. The Morgan fingerprint density at radius 1 is 1.10 bits per heavy atom. The Morgan fingerprint density at radius 2 is 1.90 bits per heavy atom. The number of hydrogen-bond donors (Lipinski definition) is 0. The van der Waals surface area contributed by atoms with Crippen molar-refractivity contribution in [3.8, 4) is 11.5 Å². The van der Waals surface area contributed by atoms with Crippen molar-refractivity contribution in [2.24, 2.45) is 0 Å². The van der Waals surface area contributed by atoms with Crippen molar-refractivity contribution in [2.45, 2.75) is 6.61 Å². The smallest absolute Gasteiger partial charge is 0.161 e. The van der Waals surface area contributed by atoms with E-state index in [1.54, 1.807) is 19.4 Å². The van der Waals surface area contributed by atoms with Crippen LogP contribution in [0.2, 0.25) is 5.02 Å². The molecular weight excluding hydrogens is 276 g/mol. The average molecular weight is 289 g/mol. The van der Waals surface area contributed by atoms with E-state index >= 15 is 0 Å². The molecule has 0 saturated carbocycles. The normalized spacial score (nSPS) is 10.7. The number of methoxy groups -OCH3 is 1. The zero-order chi connectivity index (χ0) is 13.9. The monoisotopic (exact) mass is 288 g/mol. The van der Waals surface area contributed by atoms with Gasteiger partial charge in [0.05, 0.1) is 13.4 Å². The van der Waals surface area contributed by atoms with Gasteiger partial charge in [-0.1, -0.05) is 23.7 Å². The number of halogens is 1. The van der Waals surface area contributed by atoms with Gasteiger partial charge in [0, 0.05) is 16.0 Å². The van der Waals surface area contributed by atoms with Gasteiger partial charge in [-0.05, 0) is 30.3 Å². The standard InChI is InChI=1S/C16H13ClO3/c1-18-15-4-2-3-5-16(15)20-10-11-9-19-14-7-6-12(17)8-13(11)14/h2-9H,10H2,1H3. The fourth-order valence-electron chi connectivity index (χ4n) is 2.06. The van der Waals surface area contributed by atoms with E-state index in [-0.39, 0.29) is 0 Å². The van der Waals surface area contributed by atoms with Gasteiger partial charge < -0.3 is 13.9 Å². The zero-order valence-corrected chi connectivity index (χ0v) is 11.7. The highest BCUT2D eigenvalue weighted by atomic mass is 35.5. The van der Waals surface area contributed by atoms with Gasteiger partial charge >= 0.3 is 0 Å². The van der Waals surface area contributed by atoms with Crippen LogP contribution in [0.4, 0.5) is 0 Å². The Morgan fingerprint density at radius 3 is 2.70 bits per heavy atom. The van der Waals surface area contributed by atoms with Crippen LogP contribution in [0.3, 0.4) is 0 Å². The van der Waals surface area contributed by atoms with E-state index in [4.69, 9.17) is 25.5 Å². The molecule has 0 saturated heterocycles. The highest BCUT2D eigenvalue weighted by Gasteiger charge is 2.09. The van der Waals surface area contributed by atoms with Crippen LogP contribution >= 0.6 is 11.6 Å². The first-order valence-corrected chi connectivity index (χ1v) is 6.57. The molecule has 0 aliphatic carbocycles. The lowest BCUT2D eigenvalue weighted by Crippen LogP contribution is -1.96. The van der Waals surface area contributed by atoms with Crippen LogP contribution < -0.4 is 9.47 Å². The van der Waals surface area contributed by atoms with Gasteiger partial charge in [-0.25, -0.2) is 0 Å². The lowest BCUT2D eigenvalue weighted by molar-refractivity contribution is 0.284. The number of fused-ring (bicyclic) bond motifs is 1. The molecule has 0 radical (unpaired) electrons. The molecule has 2 aromatic carbocycles. The van der Waals surface area contributed by atoms with Crippen LogP contribution in [0.5, 0.6) is 11.5 Å². The largest absolute Gasteiger partial charge is 0.493 e. The first kappa shape index (κ1) is 12.9. The molecule has 1 heterocycles. The van der Waals surface area contributed by atoms with Gasteiger partial charge in [0.1, 0.15) is 12.2 Å². The van der Waals surface area contributed by atoms with E-state index in [1.807, 2.05) is 36.4 Å². The van der Waals surface area contributed by atoms with Crippen LogP contribution in [-0.2, 0) is 6.61 Å².